The van der Waals surface area contributed by atoms with Gasteiger partial charge in [0.1, 0.15) is 23.9 Å². The van der Waals surface area contributed by atoms with E-state index in [0.717, 1.165) is 11.3 Å². The van der Waals surface area contributed by atoms with Gasteiger partial charge in [0, 0.05) is 35.1 Å². The minimum atomic E-state index is -0.748. The van der Waals surface area contributed by atoms with E-state index in [-0.39, 0.29) is 17.2 Å². The van der Waals surface area contributed by atoms with Crippen molar-refractivity contribution in [3.63, 3.8) is 0 Å². The number of ether oxygens (including phenoxy) is 3. The van der Waals surface area contributed by atoms with Gasteiger partial charge in [0.2, 0.25) is 5.78 Å². The molecule has 0 saturated carbocycles. The first kappa shape index (κ1) is 25.5. The van der Waals surface area contributed by atoms with Crippen LogP contribution >= 0.6 is 0 Å². The molecule has 0 atom stereocenters. The van der Waals surface area contributed by atoms with Crippen LogP contribution in [0.1, 0.15) is 37.7 Å². The Bertz CT molecular complexity index is 1210. The molecule has 1 N–H and O–H groups in total. The number of methoxy groups -OCH3 is 2. The third-order valence-corrected chi connectivity index (χ3v) is 5.50. The normalized spacial score (nSPS) is 10.5. The summed E-state index contributed by atoms with van der Waals surface area (Å²) in [5, 5.41) is 2.45. The topological polar surface area (TPSA) is 95.9 Å². The Labute approximate surface area is 202 Å². The van der Waals surface area contributed by atoms with Gasteiger partial charge in [-0.05, 0) is 49.7 Å². The van der Waals surface area contributed by atoms with E-state index >= 15 is 0 Å². The Hall–Kier alpha value is -4.14. The highest BCUT2D eigenvalue weighted by Crippen LogP contribution is 2.22. The number of benzene rings is 2. The summed E-state index contributed by atoms with van der Waals surface area (Å²) in [5.41, 5.74) is 3.14. The molecule has 1 amide bonds. The molecule has 8 nitrogen and oxygen atoms in total. The highest BCUT2D eigenvalue weighted by molar-refractivity contribution is 6.00. The zero-order valence-electron chi connectivity index (χ0n) is 20.0. The second kappa shape index (κ2) is 11.3. The fourth-order valence-corrected chi connectivity index (χ4v) is 3.57. The van der Waals surface area contributed by atoms with Crippen molar-refractivity contribution in [2.75, 3.05) is 27.4 Å². The Balaban J connectivity index is 1.55. The van der Waals surface area contributed by atoms with Gasteiger partial charge in [-0.2, -0.15) is 0 Å². The number of nitrogens with zero attached hydrogens (tertiary/aromatic N) is 1. The van der Waals surface area contributed by atoms with Crippen LogP contribution in [-0.2, 0) is 16.1 Å². The summed E-state index contributed by atoms with van der Waals surface area (Å²) in [6, 6.07) is 12.5. The van der Waals surface area contributed by atoms with Crippen LogP contribution in [-0.4, -0.2) is 49.6 Å². The highest BCUT2D eigenvalue weighted by atomic mass is 19.1. The Morgan fingerprint density at radius 1 is 0.943 bits per heavy atom. The van der Waals surface area contributed by atoms with Gasteiger partial charge >= 0.3 is 5.97 Å². The van der Waals surface area contributed by atoms with Gasteiger partial charge in [0.15, 0.2) is 6.61 Å². The molecule has 0 saturated heterocycles. The van der Waals surface area contributed by atoms with Crippen LogP contribution in [0.4, 0.5) is 4.39 Å². The number of halogens is 1. The van der Waals surface area contributed by atoms with Gasteiger partial charge in [0.25, 0.3) is 5.91 Å². The predicted octanol–water partition coefficient (Wildman–Crippen LogP) is 3.47. The molecular weight excluding hydrogens is 455 g/mol. The molecule has 1 aromatic heterocycles. The van der Waals surface area contributed by atoms with E-state index in [1.165, 1.54) is 38.5 Å². The summed E-state index contributed by atoms with van der Waals surface area (Å²) in [7, 11) is 2.93. The number of hydrogen-bond donors (Lipinski definition) is 1. The number of carbonyl (C=O) groups excluding carboxylic acids is 3. The first-order chi connectivity index (χ1) is 16.7. The molecule has 0 aliphatic heterocycles. The maximum atomic E-state index is 13.2. The van der Waals surface area contributed by atoms with E-state index in [0.29, 0.717) is 29.3 Å². The van der Waals surface area contributed by atoms with Crippen LogP contribution in [0.5, 0.6) is 11.5 Å². The molecule has 0 aliphatic carbocycles. The molecular formula is C26H27FN2O6. The Morgan fingerprint density at radius 3 is 2.17 bits per heavy atom. The number of ketones is 1. The summed E-state index contributed by atoms with van der Waals surface area (Å²) in [5.74, 6) is -1.08. The second-order valence-corrected chi connectivity index (χ2v) is 7.87. The number of esters is 1. The van der Waals surface area contributed by atoms with E-state index in [1.807, 2.05) is 11.5 Å². The van der Waals surface area contributed by atoms with Gasteiger partial charge in [-0.25, -0.2) is 4.39 Å². The van der Waals surface area contributed by atoms with E-state index in [4.69, 9.17) is 14.2 Å². The number of amides is 1. The molecule has 3 aromatic rings. The van der Waals surface area contributed by atoms with Crippen molar-refractivity contribution in [2.24, 2.45) is 0 Å². The van der Waals surface area contributed by atoms with E-state index < -0.39 is 25.0 Å². The lowest BCUT2D eigenvalue weighted by molar-refractivity contribution is -0.141. The molecule has 2 aromatic carbocycles. The quantitative estimate of drug-likeness (QED) is 0.351. The number of aromatic nitrogens is 1. The van der Waals surface area contributed by atoms with Crippen molar-refractivity contribution in [1.82, 2.24) is 9.88 Å². The van der Waals surface area contributed by atoms with Gasteiger partial charge in [-0.1, -0.05) is 12.1 Å². The molecule has 1 heterocycles. The number of Topliss-reactive ketones (excluding diaryl/α,β-unsaturated/α-hetero) is 1. The van der Waals surface area contributed by atoms with Crippen molar-refractivity contribution < 1.29 is 33.0 Å². The summed E-state index contributed by atoms with van der Waals surface area (Å²) < 4.78 is 30.4. The summed E-state index contributed by atoms with van der Waals surface area (Å²) in [6.07, 6.45) is 0. The molecule has 0 radical (unpaired) electrons. The second-order valence-electron chi connectivity index (χ2n) is 7.87. The van der Waals surface area contributed by atoms with Crippen LogP contribution in [0.3, 0.4) is 0 Å². The van der Waals surface area contributed by atoms with Crippen LogP contribution in [0.15, 0.2) is 48.5 Å². The predicted molar refractivity (Wildman–Crippen MR) is 127 cm³/mol. The van der Waals surface area contributed by atoms with Crippen molar-refractivity contribution >= 4 is 17.7 Å². The Morgan fingerprint density at radius 2 is 1.57 bits per heavy atom. The molecule has 0 bridgehead atoms. The van der Waals surface area contributed by atoms with Crippen LogP contribution < -0.4 is 14.8 Å². The third kappa shape index (κ3) is 6.47. The van der Waals surface area contributed by atoms with Gasteiger partial charge in [-0.15, -0.1) is 0 Å². The number of carbonyl (C=O) groups is 3. The lowest BCUT2D eigenvalue weighted by Crippen LogP contribution is -2.31. The molecule has 184 valence electrons. The smallest absolute Gasteiger partial charge is 0.325 e. The number of rotatable bonds is 10. The Kier molecular flexibility index (Phi) is 8.25. The van der Waals surface area contributed by atoms with Gasteiger partial charge < -0.3 is 24.1 Å². The standard InChI is InChI=1S/C26H27FN2O6/c1-16-9-23(17(2)29(16)14-18-5-7-20(27)8-6-18)24(30)15-35-25(31)13-28-26(32)19-10-21(33-3)12-22(11-19)34-4/h5-12H,13-15H2,1-4H3,(H,28,32). The lowest BCUT2D eigenvalue weighted by atomic mass is 10.1. The summed E-state index contributed by atoms with van der Waals surface area (Å²) in [4.78, 5) is 37.2. The zero-order chi connectivity index (χ0) is 25.5. The zero-order valence-corrected chi connectivity index (χ0v) is 20.0. The summed E-state index contributed by atoms with van der Waals surface area (Å²) in [6.45, 7) is 3.28. The van der Waals surface area contributed by atoms with Crippen molar-refractivity contribution in [3.05, 3.63) is 82.4 Å². The SMILES string of the molecule is COc1cc(OC)cc(C(=O)NCC(=O)OCC(=O)c2cc(C)n(Cc3ccc(F)cc3)c2C)c1. The largest absolute Gasteiger partial charge is 0.497 e. The molecule has 35 heavy (non-hydrogen) atoms. The fourth-order valence-electron chi connectivity index (χ4n) is 3.57. The lowest BCUT2D eigenvalue weighted by Gasteiger charge is -2.10. The maximum absolute atomic E-state index is 13.2. The fraction of sp³-hybridized carbons (Fsp3) is 0.269. The van der Waals surface area contributed by atoms with Crippen molar-refractivity contribution in [2.45, 2.75) is 20.4 Å². The highest BCUT2D eigenvalue weighted by Gasteiger charge is 2.18. The molecule has 0 unspecified atom stereocenters. The third-order valence-electron chi connectivity index (χ3n) is 5.50. The molecule has 9 heteroatoms. The van der Waals surface area contributed by atoms with Crippen LogP contribution in [0, 0.1) is 19.7 Å². The number of hydrogen-bond acceptors (Lipinski definition) is 6. The molecule has 0 spiro atoms. The van der Waals surface area contributed by atoms with Crippen molar-refractivity contribution in [3.8, 4) is 11.5 Å². The number of nitrogens with one attached hydrogen (secondary N) is 1. The van der Waals surface area contributed by atoms with Gasteiger partial charge in [-0.3, -0.25) is 14.4 Å². The average Bonchev–Trinajstić information content (AvgIpc) is 3.14. The maximum Gasteiger partial charge on any atom is 0.325 e. The summed E-state index contributed by atoms with van der Waals surface area (Å²) >= 11 is 0. The van der Waals surface area contributed by atoms with Crippen LogP contribution in [0.25, 0.3) is 0 Å². The van der Waals surface area contributed by atoms with Gasteiger partial charge in [0.05, 0.1) is 14.2 Å². The monoisotopic (exact) mass is 482 g/mol. The first-order valence-corrected chi connectivity index (χ1v) is 10.8. The molecule has 3 rings (SSSR count). The molecule has 0 aliphatic rings. The first-order valence-electron chi connectivity index (χ1n) is 10.8. The minimum Gasteiger partial charge on any atom is -0.497 e. The van der Waals surface area contributed by atoms with E-state index in [1.54, 1.807) is 31.2 Å². The van der Waals surface area contributed by atoms with Crippen molar-refractivity contribution in [1.29, 1.82) is 0 Å². The van der Waals surface area contributed by atoms with E-state index in [2.05, 4.69) is 5.32 Å². The van der Waals surface area contributed by atoms with Crippen LogP contribution in [0.2, 0.25) is 0 Å². The van der Waals surface area contributed by atoms with E-state index in [9.17, 15) is 18.8 Å². The molecule has 0 fully saturated rings. The minimum absolute atomic E-state index is 0.249. The number of aryl methyl sites for hydroxylation is 1. The average molecular weight is 483 g/mol.